The number of carbonyl (C=O) groups is 2. The Labute approximate surface area is 116 Å². The van der Waals surface area contributed by atoms with E-state index in [4.69, 9.17) is 10.5 Å². The molecule has 0 heterocycles. The van der Waals surface area contributed by atoms with Gasteiger partial charge in [0.2, 0.25) is 0 Å². The molecule has 0 aliphatic rings. The van der Waals surface area contributed by atoms with E-state index in [1.54, 1.807) is 13.0 Å². The molecule has 0 aromatic heterocycles. The number of nitrogens with one attached hydrogen (secondary N) is 1. The topological polar surface area (TPSA) is 111 Å². The number of nitrogens with two attached hydrogens (primary N) is 1. The number of rotatable bonds is 5. The summed E-state index contributed by atoms with van der Waals surface area (Å²) in [6.45, 7) is 2.15. The number of ether oxygens (including phenoxy) is 2. The molecule has 0 saturated heterocycles. The van der Waals surface area contributed by atoms with E-state index in [0.717, 1.165) is 0 Å². The second-order valence-corrected chi connectivity index (χ2v) is 4.06. The average Bonchev–Trinajstić information content (AvgIpc) is 2.41. The van der Waals surface area contributed by atoms with Crippen LogP contribution in [-0.4, -0.2) is 36.9 Å². The van der Waals surface area contributed by atoms with Crippen LogP contribution in [0.5, 0.6) is 11.5 Å². The van der Waals surface area contributed by atoms with Crippen molar-refractivity contribution in [2.24, 2.45) is 5.73 Å². The van der Waals surface area contributed by atoms with Crippen molar-refractivity contribution in [1.29, 1.82) is 0 Å². The van der Waals surface area contributed by atoms with Crippen LogP contribution >= 0.6 is 0 Å². The van der Waals surface area contributed by atoms with Gasteiger partial charge in [-0.2, -0.15) is 0 Å². The molecule has 1 amide bonds. The van der Waals surface area contributed by atoms with Crippen LogP contribution in [0.15, 0.2) is 18.2 Å². The van der Waals surface area contributed by atoms with Gasteiger partial charge in [-0.15, -0.1) is 0 Å². The molecule has 0 spiro atoms. The van der Waals surface area contributed by atoms with Crippen LogP contribution in [0, 0.1) is 0 Å². The molecule has 1 unspecified atom stereocenters. The molecule has 1 rings (SSSR count). The number of esters is 1. The summed E-state index contributed by atoms with van der Waals surface area (Å²) < 4.78 is 9.46. The summed E-state index contributed by atoms with van der Waals surface area (Å²) in [5.41, 5.74) is 6.28. The highest BCUT2D eigenvalue weighted by Crippen LogP contribution is 2.27. The quantitative estimate of drug-likeness (QED) is 0.680. The Balaban J connectivity index is 2.80. The highest BCUT2D eigenvalue weighted by molar-refractivity contribution is 5.76. The smallest absolute Gasteiger partial charge is 0.412 e. The van der Waals surface area contributed by atoms with Gasteiger partial charge < -0.3 is 25.6 Å². The SMILES string of the molecule is CCNC(=O)Oc1cc(CC(N)C(=O)OC)ccc1O. The van der Waals surface area contributed by atoms with Crippen molar-refractivity contribution in [3.63, 3.8) is 0 Å². The van der Waals surface area contributed by atoms with Crippen LogP contribution in [0.3, 0.4) is 0 Å². The van der Waals surface area contributed by atoms with Gasteiger partial charge in [0.25, 0.3) is 0 Å². The third-order valence-electron chi connectivity index (χ3n) is 2.51. The summed E-state index contributed by atoms with van der Waals surface area (Å²) in [5.74, 6) is -0.707. The van der Waals surface area contributed by atoms with Gasteiger partial charge in [-0.3, -0.25) is 4.79 Å². The minimum Gasteiger partial charge on any atom is -0.504 e. The van der Waals surface area contributed by atoms with Crippen LogP contribution in [0.1, 0.15) is 12.5 Å². The van der Waals surface area contributed by atoms with Gasteiger partial charge in [-0.05, 0) is 31.0 Å². The second kappa shape index (κ2) is 7.34. The zero-order valence-electron chi connectivity index (χ0n) is 11.4. The van der Waals surface area contributed by atoms with E-state index < -0.39 is 18.1 Å². The molecule has 1 aromatic carbocycles. The molecule has 0 fully saturated rings. The Morgan fingerprint density at radius 1 is 1.45 bits per heavy atom. The van der Waals surface area contributed by atoms with Crippen molar-refractivity contribution in [3.05, 3.63) is 23.8 Å². The molecule has 1 aromatic rings. The lowest BCUT2D eigenvalue weighted by Gasteiger charge is -2.11. The van der Waals surface area contributed by atoms with Gasteiger partial charge in [0, 0.05) is 6.54 Å². The number of phenols is 1. The molecule has 7 nitrogen and oxygen atoms in total. The van der Waals surface area contributed by atoms with Crippen molar-refractivity contribution in [3.8, 4) is 11.5 Å². The summed E-state index contributed by atoms with van der Waals surface area (Å²) >= 11 is 0. The lowest BCUT2D eigenvalue weighted by molar-refractivity contribution is -0.142. The summed E-state index contributed by atoms with van der Waals surface area (Å²) in [6, 6.07) is 3.59. The average molecular weight is 282 g/mol. The summed E-state index contributed by atoms with van der Waals surface area (Å²) in [4.78, 5) is 22.5. The highest BCUT2D eigenvalue weighted by Gasteiger charge is 2.16. The van der Waals surface area contributed by atoms with Crippen LogP contribution < -0.4 is 15.8 Å². The highest BCUT2D eigenvalue weighted by atomic mass is 16.6. The van der Waals surface area contributed by atoms with Crippen LogP contribution in [0.2, 0.25) is 0 Å². The van der Waals surface area contributed by atoms with Crippen molar-refractivity contribution in [2.75, 3.05) is 13.7 Å². The third kappa shape index (κ3) is 4.43. The van der Waals surface area contributed by atoms with Gasteiger partial charge in [0.1, 0.15) is 6.04 Å². The van der Waals surface area contributed by atoms with Crippen molar-refractivity contribution < 1.29 is 24.2 Å². The number of phenolic OH excluding ortho intramolecular Hbond substituents is 1. The predicted octanol–water partition coefficient (Wildman–Crippen LogP) is 0.543. The van der Waals surface area contributed by atoms with Crippen LogP contribution in [0.25, 0.3) is 0 Å². The molecule has 4 N–H and O–H groups in total. The van der Waals surface area contributed by atoms with E-state index in [-0.39, 0.29) is 17.9 Å². The largest absolute Gasteiger partial charge is 0.504 e. The van der Waals surface area contributed by atoms with Crippen molar-refractivity contribution in [1.82, 2.24) is 5.32 Å². The maximum atomic E-state index is 11.3. The monoisotopic (exact) mass is 282 g/mol. The first-order chi connectivity index (χ1) is 9.47. The zero-order valence-corrected chi connectivity index (χ0v) is 11.4. The minimum absolute atomic E-state index is 0.00511. The van der Waals surface area contributed by atoms with E-state index in [2.05, 4.69) is 10.1 Å². The lowest BCUT2D eigenvalue weighted by Crippen LogP contribution is -2.33. The van der Waals surface area contributed by atoms with Gasteiger partial charge in [0.05, 0.1) is 7.11 Å². The minimum atomic E-state index is -0.818. The Hall–Kier alpha value is -2.28. The fourth-order valence-electron chi connectivity index (χ4n) is 1.54. The van der Waals surface area contributed by atoms with Gasteiger partial charge in [0.15, 0.2) is 11.5 Å². The number of amides is 1. The fraction of sp³-hybridized carbons (Fsp3) is 0.385. The molecule has 20 heavy (non-hydrogen) atoms. The van der Waals surface area contributed by atoms with E-state index in [1.807, 2.05) is 0 Å². The van der Waals surface area contributed by atoms with E-state index in [1.165, 1.54) is 19.2 Å². The Bertz CT molecular complexity index is 490. The molecule has 0 aliphatic carbocycles. The first-order valence-electron chi connectivity index (χ1n) is 6.08. The molecular weight excluding hydrogens is 264 g/mol. The van der Waals surface area contributed by atoms with E-state index in [9.17, 15) is 14.7 Å². The van der Waals surface area contributed by atoms with Crippen LogP contribution in [0.4, 0.5) is 4.79 Å². The molecule has 0 aliphatic heterocycles. The summed E-state index contributed by atoms with van der Waals surface area (Å²) in [5, 5.41) is 12.1. The first-order valence-corrected chi connectivity index (χ1v) is 6.08. The maximum absolute atomic E-state index is 11.3. The Morgan fingerprint density at radius 3 is 2.75 bits per heavy atom. The number of hydrogen-bond acceptors (Lipinski definition) is 6. The molecular formula is C13H18N2O5. The number of benzene rings is 1. The maximum Gasteiger partial charge on any atom is 0.412 e. The molecule has 0 radical (unpaired) electrons. The van der Waals surface area contributed by atoms with Crippen LogP contribution in [-0.2, 0) is 16.0 Å². The summed E-state index contributed by atoms with van der Waals surface area (Å²) in [7, 11) is 1.25. The molecule has 110 valence electrons. The molecule has 1 atom stereocenters. The fourth-order valence-corrected chi connectivity index (χ4v) is 1.54. The van der Waals surface area contributed by atoms with Crippen molar-refractivity contribution >= 4 is 12.1 Å². The Kier molecular flexibility index (Phi) is 5.79. The number of aromatic hydroxyl groups is 1. The normalized spacial score (nSPS) is 11.6. The first kappa shape index (κ1) is 15.8. The number of hydrogen-bond donors (Lipinski definition) is 3. The Morgan fingerprint density at radius 2 is 2.15 bits per heavy atom. The van der Waals surface area contributed by atoms with E-state index in [0.29, 0.717) is 12.1 Å². The number of carbonyl (C=O) groups excluding carboxylic acids is 2. The lowest BCUT2D eigenvalue weighted by atomic mass is 10.1. The number of methoxy groups -OCH3 is 1. The van der Waals surface area contributed by atoms with Gasteiger partial charge >= 0.3 is 12.1 Å². The molecule has 0 saturated carbocycles. The predicted molar refractivity (Wildman–Crippen MR) is 71.5 cm³/mol. The van der Waals surface area contributed by atoms with E-state index >= 15 is 0 Å². The van der Waals surface area contributed by atoms with Crippen molar-refractivity contribution in [2.45, 2.75) is 19.4 Å². The van der Waals surface area contributed by atoms with Gasteiger partial charge in [-0.25, -0.2) is 4.79 Å². The molecule has 7 heteroatoms. The second-order valence-electron chi connectivity index (χ2n) is 4.06. The standard InChI is InChI=1S/C13H18N2O5/c1-3-15-13(18)20-11-7-8(4-5-10(11)16)6-9(14)12(17)19-2/h4-5,7,9,16H,3,6,14H2,1-2H3,(H,15,18). The van der Waals surface area contributed by atoms with Gasteiger partial charge in [-0.1, -0.05) is 6.07 Å². The zero-order chi connectivity index (χ0) is 15.1. The summed E-state index contributed by atoms with van der Waals surface area (Å²) in [6.07, 6.45) is -0.462. The molecule has 0 bridgehead atoms. The third-order valence-corrected chi connectivity index (χ3v) is 2.51.